The molecule has 1 unspecified atom stereocenters. The zero-order valence-electron chi connectivity index (χ0n) is 6.67. The third kappa shape index (κ3) is 4.62. The number of thiol groups is 1. The van der Waals surface area contributed by atoms with Crippen molar-refractivity contribution in [3.8, 4) is 0 Å². The van der Waals surface area contributed by atoms with Gasteiger partial charge in [0.05, 0.1) is 0 Å². The molecule has 0 radical (unpaired) electrons. The minimum Gasteiger partial charge on any atom is -0.293 e. The molecule has 0 aromatic heterocycles. The van der Waals surface area contributed by atoms with E-state index < -0.39 is 0 Å². The molecule has 1 atom stereocenters. The second-order valence-corrected chi connectivity index (χ2v) is 3.05. The Hall–Kier alpha value is -0.240. The molecule has 0 saturated heterocycles. The fraction of sp³-hybridized carbons (Fsp3) is 0.625. The SMILES string of the molecule is C=CCCN=C(C)C(C)S. The molecule has 1 nitrogen and oxygen atoms in total. The second-order valence-electron chi connectivity index (χ2n) is 2.28. The zero-order valence-corrected chi connectivity index (χ0v) is 7.56. The van der Waals surface area contributed by atoms with Crippen molar-refractivity contribution >= 4 is 18.3 Å². The maximum atomic E-state index is 4.28. The summed E-state index contributed by atoms with van der Waals surface area (Å²) in [5.74, 6) is 0. The summed E-state index contributed by atoms with van der Waals surface area (Å²) < 4.78 is 0. The summed E-state index contributed by atoms with van der Waals surface area (Å²) in [6.45, 7) is 8.49. The number of rotatable bonds is 4. The maximum Gasteiger partial charge on any atom is 0.0423 e. The molecule has 0 aromatic rings. The van der Waals surface area contributed by atoms with Gasteiger partial charge in [-0.05, 0) is 20.3 Å². The van der Waals surface area contributed by atoms with Crippen molar-refractivity contribution in [1.82, 2.24) is 0 Å². The van der Waals surface area contributed by atoms with Gasteiger partial charge in [0.2, 0.25) is 0 Å². The van der Waals surface area contributed by atoms with Gasteiger partial charge in [0, 0.05) is 17.5 Å². The van der Waals surface area contributed by atoms with E-state index in [1.807, 2.05) is 19.9 Å². The van der Waals surface area contributed by atoms with E-state index in [-0.39, 0.29) is 5.25 Å². The summed E-state index contributed by atoms with van der Waals surface area (Å²) in [5, 5.41) is 0.282. The quantitative estimate of drug-likeness (QED) is 0.278. The van der Waals surface area contributed by atoms with E-state index in [1.54, 1.807) is 0 Å². The van der Waals surface area contributed by atoms with Crippen molar-refractivity contribution in [2.45, 2.75) is 25.5 Å². The van der Waals surface area contributed by atoms with Crippen LogP contribution in [0.25, 0.3) is 0 Å². The average molecular weight is 157 g/mol. The Morgan fingerprint density at radius 2 is 2.40 bits per heavy atom. The maximum absolute atomic E-state index is 4.28. The lowest BCUT2D eigenvalue weighted by Gasteiger charge is -2.01. The lowest BCUT2D eigenvalue weighted by atomic mass is 10.3. The van der Waals surface area contributed by atoms with E-state index in [2.05, 4.69) is 24.2 Å². The summed E-state index contributed by atoms with van der Waals surface area (Å²) in [6, 6.07) is 0. The molecule has 2 heteroatoms. The monoisotopic (exact) mass is 157 g/mol. The van der Waals surface area contributed by atoms with Gasteiger partial charge in [-0.3, -0.25) is 4.99 Å². The molecule has 0 aliphatic rings. The first-order valence-electron chi connectivity index (χ1n) is 3.48. The van der Waals surface area contributed by atoms with E-state index in [9.17, 15) is 0 Å². The summed E-state index contributed by atoms with van der Waals surface area (Å²) >= 11 is 4.24. The highest BCUT2D eigenvalue weighted by Crippen LogP contribution is 1.96. The van der Waals surface area contributed by atoms with E-state index in [0.29, 0.717) is 0 Å². The second kappa shape index (κ2) is 5.54. The van der Waals surface area contributed by atoms with Gasteiger partial charge in [-0.25, -0.2) is 0 Å². The minimum absolute atomic E-state index is 0.282. The van der Waals surface area contributed by atoms with E-state index in [4.69, 9.17) is 0 Å². The Bertz CT molecular complexity index is 127. The molecular weight excluding hydrogens is 142 g/mol. The van der Waals surface area contributed by atoms with Gasteiger partial charge in [-0.2, -0.15) is 12.6 Å². The first-order chi connectivity index (χ1) is 4.68. The summed E-state index contributed by atoms with van der Waals surface area (Å²) in [7, 11) is 0. The van der Waals surface area contributed by atoms with Crippen LogP contribution in [0.5, 0.6) is 0 Å². The Labute approximate surface area is 68.7 Å². The number of hydrogen-bond acceptors (Lipinski definition) is 2. The molecule has 0 aliphatic carbocycles. The average Bonchev–Trinajstić information content (AvgIpc) is 1.88. The number of aliphatic imine (C=N–C) groups is 1. The molecule has 0 rings (SSSR count). The molecule has 0 saturated carbocycles. The van der Waals surface area contributed by atoms with Crippen LogP contribution in [0.4, 0.5) is 0 Å². The summed E-state index contributed by atoms with van der Waals surface area (Å²) in [6.07, 6.45) is 2.83. The lowest BCUT2D eigenvalue weighted by molar-refractivity contribution is 0.997. The molecule has 0 N–H and O–H groups in total. The molecule has 0 amide bonds. The minimum atomic E-state index is 0.282. The van der Waals surface area contributed by atoms with Gasteiger partial charge in [0.1, 0.15) is 0 Å². The van der Waals surface area contributed by atoms with Crippen LogP contribution in [0.2, 0.25) is 0 Å². The van der Waals surface area contributed by atoms with Gasteiger partial charge in [-0.15, -0.1) is 6.58 Å². The molecule has 0 bridgehead atoms. The smallest absolute Gasteiger partial charge is 0.0423 e. The first-order valence-corrected chi connectivity index (χ1v) is 4.00. The highest BCUT2D eigenvalue weighted by Gasteiger charge is 1.95. The van der Waals surface area contributed by atoms with Gasteiger partial charge in [0.25, 0.3) is 0 Å². The van der Waals surface area contributed by atoms with Crippen molar-refractivity contribution in [3.05, 3.63) is 12.7 Å². The fourth-order valence-electron chi connectivity index (χ4n) is 0.464. The Morgan fingerprint density at radius 1 is 1.80 bits per heavy atom. The molecule has 0 aromatic carbocycles. The molecule has 0 aliphatic heterocycles. The third-order valence-corrected chi connectivity index (χ3v) is 1.67. The zero-order chi connectivity index (χ0) is 7.98. The number of nitrogens with zero attached hydrogens (tertiary/aromatic N) is 1. The molecular formula is C8H15NS. The van der Waals surface area contributed by atoms with Crippen molar-refractivity contribution in [3.63, 3.8) is 0 Å². The standard InChI is InChI=1S/C8H15NS/c1-4-5-6-9-7(2)8(3)10/h4,8,10H,1,5-6H2,2-3H3. The molecule has 0 fully saturated rings. The summed E-state index contributed by atoms with van der Waals surface area (Å²) in [4.78, 5) is 4.28. The van der Waals surface area contributed by atoms with Gasteiger partial charge >= 0.3 is 0 Å². The predicted molar refractivity (Wildman–Crippen MR) is 51.2 cm³/mol. The molecule has 0 heterocycles. The van der Waals surface area contributed by atoms with Crippen molar-refractivity contribution in [2.24, 2.45) is 4.99 Å². The van der Waals surface area contributed by atoms with Crippen LogP contribution in [0.3, 0.4) is 0 Å². The fourth-order valence-corrected chi connectivity index (χ4v) is 0.546. The normalized spacial score (nSPS) is 14.9. The first kappa shape index (κ1) is 9.76. The molecule has 10 heavy (non-hydrogen) atoms. The van der Waals surface area contributed by atoms with Crippen LogP contribution in [-0.4, -0.2) is 17.5 Å². The highest BCUT2D eigenvalue weighted by molar-refractivity contribution is 7.81. The molecule has 58 valence electrons. The van der Waals surface area contributed by atoms with Gasteiger partial charge < -0.3 is 0 Å². The Kier molecular flexibility index (Phi) is 5.40. The summed E-state index contributed by atoms with van der Waals surface area (Å²) in [5.41, 5.74) is 1.10. The lowest BCUT2D eigenvalue weighted by Crippen LogP contribution is -2.05. The van der Waals surface area contributed by atoms with Crippen molar-refractivity contribution in [1.29, 1.82) is 0 Å². The van der Waals surface area contributed by atoms with E-state index in [0.717, 1.165) is 18.7 Å². The Balaban J connectivity index is 3.57. The van der Waals surface area contributed by atoms with E-state index in [1.165, 1.54) is 0 Å². The van der Waals surface area contributed by atoms with Crippen LogP contribution in [-0.2, 0) is 0 Å². The Morgan fingerprint density at radius 3 is 2.80 bits per heavy atom. The van der Waals surface area contributed by atoms with Crippen LogP contribution >= 0.6 is 12.6 Å². The topological polar surface area (TPSA) is 12.4 Å². The highest BCUT2D eigenvalue weighted by atomic mass is 32.1. The van der Waals surface area contributed by atoms with Crippen molar-refractivity contribution < 1.29 is 0 Å². The molecule has 0 spiro atoms. The van der Waals surface area contributed by atoms with Gasteiger partial charge in [-0.1, -0.05) is 6.08 Å². The third-order valence-electron chi connectivity index (χ3n) is 1.30. The number of hydrogen-bond donors (Lipinski definition) is 1. The predicted octanol–water partition coefficient (Wildman–Crippen LogP) is 2.34. The van der Waals surface area contributed by atoms with Crippen LogP contribution in [0, 0.1) is 0 Å². The van der Waals surface area contributed by atoms with Crippen LogP contribution < -0.4 is 0 Å². The largest absolute Gasteiger partial charge is 0.293 e. The van der Waals surface area contributed by atoms with Crippen LogP contribution in [0.15, 0.2) is 17.6 Å². The van der Waals surface area contributed by atoms with E-state index >= 15 is 0 Å². The van der Waals surface area contributed by atoms with Crippen molar-refractivity contribution in [2.75, 3.05) is 6.54 Å². The van der Waals surface area contributed by atoms with Gasteiger partial charge in [0.15, 0.2) is 0 Å². The van der Waals surface area contributed by atoms with Crippen LogP contribution in [0.1, 0.15) is 20.3 Å².